The van der Waals surface area contributed by atoms with Gasteiger partial charge in [0, 0.05) is 21.7 Å². The SMILES string of the molecule is O=C(NCCCCC(c1ccc(F)cc1)c1ccc(F)cc1)Nc1ccc(I)cc1. The Balaban J connectivity index is 1.50. The number of anilines is 1. The highest BCUT2D eigenvalue weighted by atomic mass is 127. The number of unbranched alkanes of at least 4 members (excludes halogenated alkanes) is 1. The van der Waals surface area contributed by atoms with E-state index < -0.39 is 0 Å². The average molecular weight is 520 g/mol. The molecule has 0 spiro atoms. The van der Waals surface area contributed by atoms with Crippen LogP contribution in [-0.2, 0) is 0 Å². The molecular weight excluding hydrogens is 497 g/mol. The zero-order valence-electron chi connectivity index (χ0n) is 16.4. The van der Waals surface area contributed by atoms with Gasteiger partial charge < -0.3 is 10.6 Å². The zero-order valence-corrected chi connectivity index (χ0v) is 18.5. The second kappa shape index (κ2) is 11.1. The predicted octanol–water partition coefficient (Wildman–Crippen LogP) is 6.69. The molecule has 0 heterocycles. The Hall–Kier alpha value is -2.48. The van der Waals surface area contributed by atoms with Crippen molar-refractivity contribution in [3.63, 3.8) is 0 Å². The molecule has 0 radical (unpaired) electrons. The number of amides is 2. The maximum absolute atomic E-state index is 13.3. The van der Waals surface area contributed by atoms with Crippen LogP contribution >= 0.6 is 22.6 Å². The van der Waals surface area contributed by atoms with Crippen molar-refractivity contribution in [2.24, 2.45) is 0 Å². The highest BCUT2D eigenvalue weighted by Crippen LogP contribution is 2.30. The lowest BCUT2D eigenvalue weighted by molar-refractivity contribution is 0.252. The summed E-state index contributed by atoms with van der Waals surface area (Å²) in [5, 5.41) is 5.67. The van der Waals surface area contributed by atoms with Gasteiger partial charge in [-0.05, 0) is 95.1 Å². The van der Waals surface area contributed by atoms with Gasteiger partial charge in [0.05, 0.1) is 0 Å². The van der Waals surface area contributed by atoms with Crippen molar-refractivity contribution in [2.75, 3.05) is 11.9 Å². The molecule has 0 fully saturated rings. The molecule has 3 rings (SSSR count). The van der Waals surface area contributed by atoms with E-state index in [0.29, 0.717) is 6.54 Å². The van der Waals surface area contributed by atoms with Crippen LogP contribution in [0.4, 0.5) is 19.3 Å². The molecular formula is C24H23F2IN2O. The fraction of sp³-hybridized carbons (Fsp3) is 0.208. The van der Waals surface area contributed by atoms with Crippen LogP contribution in [0, 0.1) is 15.2 Å². The van der Waals surface area contributed by atoms with Gasteiger partial charge in [0.15, 0.2) is 0 Å². The van der Waals surface area contributed by atoms with E-state index >= 15 is 0 Å². The Labute approximate surface area is 189 Å². The summed E-state index contributed by atoms with van der Waals surface area (Å²) in [7, 11) is 0. The summed E-state index contributed by atoms with van der Waals surface area (Å²) in [5.74, 6) is -0.508. The minimum atomic E-state index is -0.278. The van der Waals surface area contributed by atoms with E-state index in [0.717, 1.165) is 39.6 Å². The van der Waals surface area contributed by atoms with Gasteiger partial charge >= 0.3 is 6.03 Å². The largest absolute Gasteiger partial charge is 0.338 e. The number of benzene rings is 3. The average Bonchev–Trinajstić information content (AvgIpc) is 2.74. The molecule has 0 saturated carbocycles. The molecule has 2 N–H and O–H groups in total. The summed E-state index contributed by atoms with van der Waals surface area (Å²) in [6, 6.07) is 20.2. The fourth-order valence-electron chi connectivity index (χ4n) is 3.30. The van der Waals surface area contributed by atoms with Gasteiger partial charge in [0.25, 0.3) is 0 Å². The summed E-state index contributed by atoms with van der Waals surface area (Å²) >= 11 is 2.21. The molecule has 0 aliphatic rings. The van der Waals surface area contributed by atoms with Crippen LogP contribution < -0.4 is 10.6 Å². The smallest absolute Gasteiger partial charge is 0.319 e. The Morgan fingerprint density at radius 2 is 1.33 bits per heavy atom. The Kier molecular flexibility index (Phi) is 8.19. The van der Waals surface area contributed by atoms with Crippen molar-refractivity contribution in [2.45, 2.75) is 25.2 Å². The molecule has 30 heavy (non-hydrogen) atoms. The Morgan fingerprint density at radius 1 is 0.800 bits per heavy atom. The number of carbonyl (C=O) groups is 1. The topological polar surface area (TPSA) is 41.1 Å². The minimum absolute atomic E-state index is 0.0480. The predicted molar refractivity (Wildman–Crippen MR) is 125 cm³/mol. The number of hydrogen-bond acceptors (Lipinski definition) is 1. The normalized spacial score (nSPS) is 10.8. The summed E-state index contributed by atoms with van der Waals surface area (Å²) in [6.45, 7) is 0.551. The first-order valence-electron chi connectivity index (χ1n) is 9.82. The van der Waals surface area contributed by atoms with Gasteiger partial charge in [-0.3, -0.25) is 0 Å². The van der Waals surface area contributed by atoms with Crippen LogP contribution in [0.5, 0.6) is 0 Å². The molecule has 0 atom stereocenters. The number of halogens is 3. The van der Waals surface area contributed by atoms with Crippen molar-refractivity contribution in [1.82, 2.24) is 5.32 Å². The van der Waals surface area contributed by atoms with Crippen LogP contribution in [0.25, 0.3) is 0 Å². The molecule has 0 bridgehead atoms. The van der Waals surface area contributed by atoms with Gasteiger partial charge in [-0.15, -0.1) is 0 Å². The summed E-state index contributed by atoms with van der Waals surface area (Å²) in [6.07, 6.45) is 2.49. The van der Waals surface area contributed by atoms with Gasteiger partial charge in [0.2, 0.25) is 0 Å². The van der Waals surface area contributed by atoms with Crippen LogP contribution in [0.3, 0.4) is 0 Å². The molecule has 0 aliphatic carbocycles. The van der Waals surface area contributed by atoms with E-state index in [1.807, 2.05) is 24.3 Å². The first-order valence-corrected chi connectivity index (χ1v) is 10.9. The van der Waals surface area contributed by atoms with Crippen LogP contribution in [0.1, 0.15) is 36.3 Å². The van der Waals surface area contributed by atoms with Gasteiger partial charge in [0.1, 0.15) is 11.6 Å². The van der Waals surface area contributed by atoms with E-state index in [1.54, 1.807) is 24.3 Å². The van der Waals surface area contributed by atoms with Crippen molar-refractivity contribution in [3.8, 4) is 0 Å². The highest BCUT2D eigenvalue weighted by Gasteiger charge is 2.14. The van der Waals surface area contributed by atoms with Crippen LogP contribution in [0.15, 0.2) is 72.8 Å². The van der Waals surface area contributed by atoms with E-state index in [-0.39, 0.29) is 23.6 Å². The number of nitrogens with one attached hydrogen (secondary N) is 2. The third kappa shape index (κ3) is 6.79. The lowest BCUT2D eigenvalue weighted by atomic mass is 9.87. The first kappa shape index (κ1) is 22.2. The molecule has 3 nitrogen and oxygen atoms in total. The minimum Gasteiger partial charge on any atom is -0.338 e. The van der Waals surface area contributed by atoms with E-state index in [4.69, 9.17) is 0 Å². The second-order valence-corrected chi connectivity index (χ2v) is 8.28. The van der Waals surface area contributed by atoms with Crippen LogP contribution in [-0.4, -0.2) is 12.6 Å². The van der Waals surface area contributed by atoms with Gasteiger partial charge in [-0.1, -0.05) is 30.7 Å². The monoisotopic (exact) mass is 520 g/mol. The van der Waals surface area contributed by atoms with E-state index in [2.05, 4.69) is 33.2 Å². The lowest BCUT2D eigenvalue weighted by Gasteiger charge is -2.18. The summed E-state index contributed by atoms with van der Waals surface area (Å²) in [4.78, 5) is 12.0. The van der Waals surface area contributed by atoms with Crippen molar-refractivity contribution >= 4 is 34.3 Å². The fourth-order valence-corrected chi connectivity index (χ4v) is 3.66. The quantitative estimate of drug-likeness (QED) is 0.252. The first-order chi connectivity index (χ1) is 14.5. The molecule has 3 aromatic carbocycles. The summed E-state index contributed by atoms with van der Waals surface area (Å²) < 4.78 is 27.7. The second-order valence-electron chi connectivity index (χ2n) is 7.04. The van der Waals surface area contributed by atoms with Crippen molar-refractivity contribution in [3.05, 3.63) is 99.1 Å². The van der Waals surface area contributed by atoms with Crippen molar-refractivity contribution in [1.29, 1.82) is 0 Å². The zero-order chi connectivity index (χ0) is 21.3. The molecule has 0 unspecified atom stereocenters. The van der Waals surface area contributed by atoms with Gasteiger partial charge in [-0.2, -0.15) is 0 Å². The molecule has 156 valence electrons. The third-order valence-corrected chi connectivity index (χ3v) is 5.57. The number of urea groups is 1. The lowest BCUT2D eigenvalue weighted by Crippen LogP contribution is -2.29. The molecule has 2 amide bonds. The third-order valence-electron chi connectivity index (χ3n) is 4.85. The number of carbonyl (C=O) groups excluding carboxylic acids is 1. The molecule has 3 aromatic rings. The Bertz CT molecular complexity index is 899. The Morgan fingerprint density at radius 3 is 1.87 bits per heavy atom. The standard InChI is InChI=1S/C24H23F2IN2O/c25-19-8-4-17(5-9-19)23(18-6-10-20(26)11-7-18)3-1-2-16-28-24(30)29-22-14-12-21(27)13-15-22/h4-15,23H,1-3,16H2,(H2,28,29,30). The van der Waals surface area contributed by atoms with Gasteiger partial charge in [-0.25, -0.2) is 13.6 Å². The number of hydrogen-bond donors (Lipinski definition) is 2. The van der Waals surface area contributed by atoms with Crippen molar-refractivity contribution < 1.29 is 13.6 Å². The number of rotatable bonds is 8. The highest BCUT2D eigenvalue weighted by molar-refractivity contribution is 14.1. The maximum atomic E-state index is 13.3. The molecule has 0 aromatic heterocycles. The summed E-state index contributed by atoms with van der Waals surface area (Å²) in [5.41, 5.74) is 2.74. The maximum Gasteiger partial charge on any atom is 0.319 e. The van der Waals surface area contributed by atoms with E-state index in [1.165, 1.54) is 24.3 Å². The molecule has 6 heteroatoms. The van der Waals surface area contributed by atoms with Crippen LogP contribution in [0.2, 0.25) is 0 Å². The molecule has 0 aliphatic heterocycles. The van der Waals surface area contributed by atoms with E-state index in [9.17, 15) is 13.6 Å². The molecule has 0 saturated heterocycles.